The van der Waals surface area contributed by atoms with E-state index in [1.54, 1.807) is 11.3 Å². The van der Waals surface area contributed by atoms with Gasteiger partial charge in [0.1, 0.15) is 0 Å². The molecule has 0 bridgehead atoms. The van der Waals surface area contributed by atoms with Crippen molar-refractivity contribution in [2.24, 2.45) is 11.7 Å². The Hall–Kier alpha value is -0.100. The van der Waals surface area contributed by atoms with Crippen molar-refractivity contribution in [1.82, 2.24) is 4.98 Å². The van der Waals surface area contributed by atoms with Gasteiger partial charge in [-0.15, -0.1) is 11.3 Å². The van der Waals surface area contributed by atoms with Gasteiger partial charge in [-0.25, -0.2) is 0 Å². The van der Waals surface area contributed by atoms with E-state index in [-0.39, 0.29) is 11.6 Å². The minimum atomic E-state index is 0.135. The number of hydrogen-bond acceptors (Lipinski definition) is 5. The Morgan fingerprint density at radius 2 is 2.53 bits per heavy atom. The first-order chi connectivity index (χ1) is 8.29. The first-order valence-electron chi connectivity index (χ1n) is 6.15. The normalized spacial score (nSPS) is 35.2. The molecular weight excluding hydrogens is 252 g/mol. The van der Waals surface area contributed by atoms with Gasteiger partial charge < -0.3 is 10.5 Å². The van der Waals surface area contributed by atoms with Crippen LogP contribution in [0.2, 0.25) is 0 Å². The molecule has 3 atom stereocenters. The number of thioether (sulfide) groups is 1. The number of hydrogen-bond donors (Lipinski definition) is 1. The third-order valence-electron chi connectivity index (χ3n) is 3.89. The summed E-state index contributed by atoms with van der Waals surface area (Å²) in [6.07, 6.45) is 5.33. The Morgan fingerprint density at radius 1 is 1.59 bits per heavy atom. The van der Waals surface area contributed by atoms with Crippen molar-refractivity contribution in [3.8, 4) is 0 Å². The molecule has 3 unspecified atom stereocenters. The average molecular weight is 270 g/mol. The van der Waals surface area contributed by atoms with E-state index in [1.165, 1.54) is 17.1 Å². The fourth-order valence-electron chi connectivity index (χ4n) is 2.86. The first-order valence-corrected chi connectivity index (χ1v) is 8.18. The molecule has 3 rings (SSSR count). The Kier molecular flexibility index (Phi) is 3.43. The average Bonchev–Trinajstić information content (AvgIpc) is 3.00. The summed E-state index contributed by atoms with van der Waals surface area (Å²) in [6, 6.07) is 0.147. The SMILES string of the molecule is NC(c1cncs1)C1CCOC2(CCSC2)C1. The standard InChI is InChI=1S/C12H18N2OS2/c13-11(10-6-14-8-17-10)9-1-3-15-12(5-9)2-4-16-7-12/h6,8-9,11H,1-5,7,13H2. The summed E-state index contributed by atoms with van der Waals surface area (Å²) in [4.78, 5) is 5.35. The van der Waals surface area contributed by atoms with E-state index in [1.807, 2.05) is 23.5 Å². The monoisotopic (exact) mass is 270 g/mol. The van der Waals surface area contributed by atoms with Crippen molar-refractivity contribution < 1.29 is 4.74 Å². The number of rotatable bonds is 2. The van der Waals surface area contributed by atoms with Gasteiger partial charge in [0.05, 0.1) is 11.1 Å². The lowest BCUT2D eigenvalue weighted by atomic mass is 9.81. The molecule has 0 aromatic carbocycles. The molecule has 1 aromatic heterocycles. The molecule has 94 valence electrons. The molecule has 17 heavy (non-hydrogen) atoms. The summed E-state index contributed by atoms with van der Waals surface area (Å²) in [7, 11) is 0. The van der Waals surface area contributed by atoms with E-state index in [0.717, 1.165) is 25.2 Å². The van der Waals surface area contributed by atoms with Gasteiger partial charge in [-0.1, -0.05) is 0 Å². The van der Waals surface area contributed by atoms with Crippen LogP contribution < -0.4 is 5.73 Å². The second-order valence-corrected chi connectivity index (χ2v) is 7.04. The topological polar surface area (TPSA) is 48.1 Å². The van der Waals surface area contributed by atoms with Crippen LogP contribution in [-0.4, -0.2) is 28.7 Å². The van der Waals surface area contributed by atoms with Crippen molar-refractivity contribution in [1.29, 1.82) is 0 Å². The highest BCUT2D eigenvalue weighted by Crippen LogP contribution is 2.43. The van der Waals surface area contributed by atoms with Crippen LogP contribution in [0.15, 0.2) is 11.7 Å². The van der Waals surface area contributed by atoms with E-state index < -0.39 is 0 Å². The number of ether oxygens (including phenoxy) is 1. The van der Waals surface area contributed by atoms with Crippen molar-refractivity contribution >= 4 is 23.1 Å². The number of aromatic nitrogens is 1. The van der Waals surface area contributed by atoms with E-state index in [9.17, 15) is 0 Å². The minimum Gasteiger partial charge on any atom is -0.374 e. The molecule has 2 aliphatic heterocycles. The molecular formula is C12H18N2OS2. The van der Waals surface area contributed by atoms with Gasteiger partial charge in [-0.3, -0.25) is 4.98 Å². The molecule has 0 aliphatic carbocycles. The van der Waals surface area contributed by atoms with Gasteiger partial charge >= 0.3 is 0 Å². The van der Waals surface area contributed by atoms with Crippen LogP contribution in [0.4, 0.5) is 0 Å². The highest BCUT2D eigenvalue weighted by Gasteiger charge is 2.42. The number of nitrogens with two attached hydrogens (primary N) is 1. The number of nitrogens with zero attached hydrogens (tertiary/aromatic N) is 1. The molecule has 0 amide bonds. The third-order valence-corrected chi connectivity index (χ3v) is 5.99. The van der Waals surface area contributed by atoms with Crippen LogP contribution in [-0.2, 0) is 4.74 Å². The Bertz CT molecular complexity index is 363. The van der Waals surface area contributed by atoms with Crippen molar-refractivity contribution in [3.05, 3.63) is 16.6 Å². The summed E-state index contributed by atoms with van der Waals surface area (Å²) in [5, 5.41) is 0. The maximum atomic E-state index is 6.37. The quantitative estimate of drug-likeness (QED) is 0.897. The predicted molar refractivity (Wildman–Crippen MR) is 72.4 cm³/mol. The zero-order chi connectivity index (χ0) is 11.7. The van der Waals surface area contributed by atoms with Crippen molar-refractivity contribution in [3.63, 3.8) is 0 Å². The predicted octanol–water partition coefficient (Wildman–Crippen LogP) is 2.45. The molecule has 2 saturated heterocycles. The van der Waals surface area contributed by atoms with E-state index >= 15 is 0 Å². The lowest BCUT2D eigenvalue weighted by molar-refractivity contribution is -0.0832. The number of thiazole rings is 1. The van der Waals surface area contributed by atoms with Gasteiger partial charge in [-0.05, 0) is 30.9 Å². The summed E-state index contributed by atoms with van der Waals surface area (Å²) >= 11 is 3.69. The molecule has 2 N–H and O–H groups in total. The van der Waals surface area contributed by atoms with Crippen LogP contribution in [0.5, 0.6) is 0 Å². The van der Waals surface area contributed by atoms with Crippen molar-refractivity contribution in [2.75, 3.05) is 18.1 Å². The molecule has 2 aliphatic rings. The van der Waals surface area contributed by atoms with Crippen LogP contribution in [0.1, 0.15) is 30.2 Å². The van der Waals surface area contributed by atoms with Gasteiger partial charge in [0.25, 0.3) is 0 Å². The summed E-state index contributed by atoms with van der Waals surface area (Å²) in [5.74, 6) is 2.95. The molecule has 1 spiro atoms. The van der Waals surface area contributed by atoms with E-state index in [2.05, 4.69) is 4.98 Å². The Balaban J connectivity index is 1.71. The lowest BCUT2D eigenvalue weighted by Gasteiger charge is -2.39. The minimum absolute atomic E-state index is 0.135. The lowest BCUT2D eigenvalue weighted by Crippen LogP contribution is -2.42. The van der Waals surface area contributed by atoms with Gasteiger partial charge in [0, 0.05) is 29.5 Å². The zero-order valence-electron chi connectivity index (χ0n) is 9.80. The van der Waals surface area contributed by atoms with Crippen LogP contribution >= 0.6 is 23.1 Å². The summed E-state index contributed by atoms with van der Waals surface area (Å²) in [6.45, 7) is 0.873. The maximum absolute atomic E-state index is 6.37. The van der Waals surface area contributed by atoms with Gasteiger partial charge in [0.15, 0.2) is 0 Å². The Labute approximate surface area is 110 Å². The first kappa shape index (κ1) is 12.0. The second kappa shape index (κ2) is 4.88. The van der Waals surface area contributed by atoms with Gasteiger partial charge in [-0.2, -0.15) is 11.8 Å². The van der Waals surface area contributed by atoms with Gasteiger partial charge in [0.2, 0.25) is 0 Å². The molecule has 0 saturated carbocycles. The largest absolute Gasteiger partial charge is 0.374 e. The van der Waals surface area contributed by atoms with Crippen LogP contribution in [0.25, 0.3) is 0 Å². The van der Waals surface area contributed by atoms with E-state index in [0.29, 0.717) is 5.92 Å². The molecule has 3 nitrogen and oxygen atoms in total. The van der Waals surface area contributed by atoms with Crippen LogP contribution in [0.3, 0.4) is 0 Å². The van der Waals surface area contributed by atoms with Crippen LogP contribution in [0, 0.1) is 5.92 Å². The fourth-order valence-corrected chi connectivity index (χ4v) is 4.95. The van der Waals surface area contributed by atoms with Crippen molar-refractivity contribution in [2.45, 2.75) is 30.9 Å². The smallest absolute Gasteiger partial charge is 0.0794 e. The molecule has 3 heterocycles. The van der Waals surface area contributed by atoms with E-state index in [4.69, 9.17) is 10.5 Å². The molecule has 2 fully saturated rings. The maximum Gasteiger partial charge on any atom is 0.0794 e. The zero-order valence-corrected chi connectivity index (χ0v) is 11.4. The fraction of sp³-hybridized carbons (Fsp3) is 0.750. The second-order valence-electron chi connectivity index (χ2n) is 5.02. The molecule has 5 heteroatoms. The Morgan fingerprint density at radius 3 is 3.24 bits per heavy atom. The molecule has 0 radical (unpaired) electrons. The highest BCUT2D eigenvalue weighted by atomic mass is 32.2. The summed E-state index contributed by atoms with van der Waals surface area (Å²) in [5.41, 5.74) is 8.38. The third kappa shape index (κ3) is 2.38. The molecule has 1 aromatic rings. The summed E-state index contributed by atoms with van der Waals surface area (Å²) < 4.78 is 6.04. The highest BCUT2D eigenvalue weighted by molar-refractivity contribution is 7.99.